The van der Waals surface area contributed by atoms with Gasteiger partial charge in [0.05, 0.1) is 19.3 Å². The largest absolute Gasteiger partial charge is 0.497 e. The number of ether oxygens (including phenoxy) is 1. The van der Waals surface area contributed by atoms with Crippen molar-refractivity contribution in [2.45, 2.75) is 19.6 Å². The maximum atomic E-state index is 12.8. The molecule has 0 aliphatic rings. The Labute approximate surface area is 108 Å². The van der Waals surface area contributed by atoms with Crippen LogP contribution in [0.3, 0.4) is 0 Å². The second-order valence-electron chi connectivity index (χ2n) is 4.17. The number of benzene rings is 1. The Morgan fingerprint density at radius 2 is 1.84 bits per heavy atom. The minimum absolute atomic E-state index is 0.0761. The molecule has 0 aliphatic heterocycles. The fourth-order valence-electron chi connectivity index (χ4n) is 1.80. The Bertz CT molecular complexity index is 558. The molecule has 102 valence electrons. The highest BCUT2D eigenvalue weighted by atomic mass is 19.4. The van der Waals surface area contributed by atoms with Crippen LogP contribution in [0.5, 0.6) is 5.75 Å². The first-order valence-corrected chi connectivity index (χ1v) is 5.65. The van der Waals surface area contributed by atoms with Gasteiger partial charge in [-0.15, -0.1) is 0 Å². The maximum absolute atomic E-state index is 12.8. The predicted octanol–water partition coefficient (Wildman–Crippen LogP) is 3.27. The van der Waals surface area contributed by atoms with E-state index in [1.165, 1.54) is 7.11 Å². The van der Waals surface area contributed by atoms with E-state index in [4.69, 9.17) is 4.74 Å². The van der Waals surface area contributed by atoms with Crippen molar-refractivity contribution in [3.63, 3.8) is 0 Å². The van der Waals surface area contributed by atoms with Gasteiger partial charge in [-0.05, 0) is 30.7 Å². The lowest BCUT2D eigenvalue weighted by atomic mass is 10.2. The van der Waals surface area contributed by atoms with Crippen LogP contribution in [-0.4, -0.2) is 16.9 Å². The zero-order valence-electron chi connectivity index (χ0n) is 10.5. The summed E-state index contributed by atoms with van der Waals surface area (Å²) in [6.07, 6.45) is -4.40. The van der Waals surface area contributed by atoms with E-state index in [1.54, 1.807) is 31.2 Å². The van der Waals surface area contributed by atoms with Crippen LogP contribution in [0.4, 0.5) is 13.2 Å². The molecule has 0 N–H and O–H groups in total. The average Bonchev–Trinajstić information content (AvgIpc) is 2.71. The number of hydrogen-bond acceptors (Lipinski definition) is 2. The molecule has 0 atom stereocenters. The summed E-state index contributed by atoms with van der Waals surface area (Å²) in [7, 11) is 1.54. The van der Waals surface area contributed by atoms with Crippen LogP contribution in [0.15, 0.2) is 30.3 Å². The number of halogens is 3. The van der Waals surface area contributed by atoms with E-state index in [2.05, 4.69) is 5.10 Å². The van der Waals surface area contributed by atoms with Crippen LogP contribution in [0.25, 0.3) is 0 Å². The fraction of sp³-hybridized carbons (Fsp3) is 0.308. The maximum Gasteiger partial charge on any atom is 0.433 e. The Hall–Kier alpha value is -1.98. The zero-order chi connectivity index (χ0) is 14.0. The Balaban J connectivity index is 2.27. The molecule has 2 aromatic rings. The molecule has 0 amide bonds. The molecular formula is C13H13F3N2O. The lowest BCUT2D eigenvalue weighted by Crippen LogP contribution is -2.15. The molecule has 0 saturated carbocycles. The summed E-state index contributed by atoms with van der Waals surface area (Å²) in [5.74, 6) is 0.663. The first-order valence-electron chi connectivity index (χ1n) is 5.65. The molecule has 0 fully saturated rings. The quantitative estimate of drug-likeness (QED) is 0.856. The van der Waals surface area contributed by atoms with E-state index < -0.39 is 11.9 Å². The highest BCUT2D eigenvalue weighted by Gasteiger charge is 2.35. The van der Waals surface area contributed by atoms with Crippen LogP contribution < -0.4 is 4.74 Å². The van der Waals surface area contributed by atoms with Crippen LogP contribution in [0.1, 0.15) is 17.0 Å². The van der Waals surface area contributed by atoms with Gasteiger partial charge in [0.1, 0.15) is 11.4 Å². The van der Waals surface area contributed by atoms with Gasteiger partial charge in [0.15, 0.2) is 0 Å². The van der Waals surface area contributed by atoms with Gasteiger partial charge in [0, 0.05) is 0 Å². The second-order valence-corrected chi connectivity index (χ2v) is 4.17. The van der Waals surface area contributed by atoms with E-state index >= 15 is 0 Å². The molecule has 2 rings (SSSR count). The molecule has 1 heterocycles. The van der Waals surface area contributed by atoms with Crippen molar-refractivity contribution in [3.05, 3.63) is 47.3 Å². The molecule has 0 aliphatic carbocycles. The van der Waals surface area contributed by atoms with Crippen molar-refractivity contribution in [3.8, 4) is 5.75 Å². The van der Waals surface area contributed by atoms with E-state index in [-0.39, 0.29) is 6.54 Å². The number of methoxy groups -OCH3 is 1. The minimum atomic E-state index is -4.40. The van der Waals surface area contributed by atoms with Crippen LogP contribution in [0.2, 0.25) is 0 Å². The third kappa shape index (κ3) is 3.07. The van der Waals surface area contributed by atoms with Gasteiger partial charge in [0.25, 0.3) is 0 Å². The zero-order valence-corrected chi connectivity index (χ0v) is 10.5. The summed E-state index contributed by atoms with van der Waals surface area (Å²) >= 11 is 0. The second kappa shape index (κ2) is 4.95. The number of aromatic nitrogens is 2. The standard InChI is InChI=1S/C13H13F3N2O/c1-9-7-12(13(14,15)16)18(17-9)8-10-3-5-11(19-2)6-4-10/h3-7H,8H2,1-2H3. The molecule has 1 aromatic carbocycles. The first-order chi connectivity index (χ1) is 8.90. The summed E-state index contributed by atoms with van der Waals surface area (Å²) in [4.78, 5) is 0. The van der Waals surface area contributed by atoms with Gasteiger partial charge in [-0.3, -0.25) is 4.68 Å². The summed E-state index contributed by atoms with van der Waals surface area (Å²) < 4.78 is 44.4. The topological polar surface area (TPSA) is 27.1 Å². The molecule has 0 bridgehead atoms. The van der Waals surface area contributed by atoms with E-state index in [9.17, 15) is 13.2 Å². The van der Waals surface area contributed by atoms with Gasteiger partial charge in [-0.2, -0.15) is 18.3 Å². The Kier molecular flexibility index (Phi) is 3.50. The van der Waals surface area contributed by atoms with Gasteiger partial charge < -0.3 is 4.74 Å². The molecule has 0 radical (unpaired) electrons. The van der Waals surface area contributed by atoms with Crippen molar-refractivity contribution >= 4 is 0 Å². The van der Waals surface area contributed by atoms with Crippen LogP contribution in [0, 0.1) is 6.92 Å². The molecule has 6 heteroatoms. The summed E-state index contributed by atoms with van der Waals surface area (Å²) in [6.45, 7) is 1.62. The predicted molar refractivity (Wildman–Crippen MR) is 64.1 cm³/mol. The fourth-order valence-corrected chi connectivity index (χ4v) is 1.80. The smallest absolute Gasteiger partial charge is 0.433 e. The molecule has 3 nitrogen and oxygen atoms in total. The molecule has 0 spiro atoms. The highest BCUT2D eigenvalue weighted by Crippen LogP contribution is 2.30. The Morgan fingerprint density at radius 3 is 2.37 bits per heavy atom. The van der Waals surface area contributed by atoms with Crippen molar-refractivity contribution in [2.75, 3.05) is 7.11 Å². The van der Waals surface area contributed by atoms with Crippen molar-refractivity contribution in [1.82, 2.24) is 9.78 Å². The van der Waals surface area contributed by atoms with Crippen molar-refractivity contribution < 1.29 is 17.9 Å². The van der Waals surface area contributed by atoms with Gasteiger partial charge in [-0.25, -0.2) is 0 Å². The van der Waals surface area contributed by atoms with Crippen molar-refractivity contribution in [2.24, 2.45) is 0 Å². The number of alkyl halides is 3. The third-order valence-corrected chi connectivity index (χ3v) is 2.68. The third-order valence-electron chi connectivity index (χ3n) is 2.68. The summed E-state index contributed by atoms with van der Waals surface area (Å²) in [6, 6.07) is 7.90. The van der Waals surface area contributed by atoms with Gasteiger partial charge >= 0.3 is 6.18 Å². The lowest BCUT2D eigenvalue weighted by Gasteiger charge is -2.10. The highest BCUT2D eigenvalue weighted by molar-refractivity contribution is 5.27. The number of hydrogen-bond donors (Lipinski definition) is 0. The summed E-state index contributed by atoms with van der Waals surface area (Å²) in [5, 5.41) is 3.88. The minimum Gasteiger partial charge on any atom is -0.497 e. The SMILES string of the molecule is COc1ccc(Cn2nc(C)cc2C(F)(F)F)cc1. The molecule has 19 heavy (non-hydrogen) atoms. The molecule has 0 unspecified atom stereocenters. The van der Waals surface area contributed by atoms with Gasteiger partial charge in [-0.1, -0.05) is 12.1 Å². The monoisotopic (exact) mass is 270 g/mol. The van der Waals surface area contributed by atoms with E-state index in [1.807, 2.05) is 0 Å². The number of aryl methyl sites for hydroxylation is 1. The van der Waals surface area contributed by atoms with E-state index in [0.717, 1.165) is 16.3 Å². The number of rotatable bonds is 3. The number of nitrogens with zero attached hydrogens (tertiary/aromatic N) is 2. The van der Waals surface area contributed by atoms with Crippen LogP contribution >= 0.6 is 0 Å². The van der Waals surface area contributed by atoms with Crippen molar-refractivity contribution in [1.29, 1.82) is 0 Å². The lowest BCUT2D eigenvalue weighted by molar-refractivity contribution is -0.144. The van der Waals surface area contributed by atoms with E-state index in [0.29, 0.717) is 11.4 Å². The Morgan fingerprint density at radius 1 is 1.21 bits per heavy atom. The first kappa shape index (κ1) is 13.5. The van der Waals surface area contributed by atoms with Gasteiger partial charge in [0.2, 0.25) is 0 Å². The molecule has 0 saturated heterocycles. The van der Waals surface area contributed by atoms with Crippen LogP contribution in [-0.2, 0) is 12.7 Å². The summed E-state index contributed by atoms with van der Waals surface area (Å²) in [5.41, 5.74) is 0.344. The molecular weight excluding hydrogens is 257 g/mol. The normalized spacial score (nSPS) is 11.6. The average molecular weight is 270 g/mol. The molecule has 1 aromatic heterocycles.